The third kappa shape index (κ3) is 1.70. The Bertz CT molecular complexity index is 261. The fourth-order valence-electron chi connectivity index (χ4n) is 4.64. The smallest absolute Gasteiger partial charge is 0.0595 e. The highest BCUT2D eigenvalue weighted by atomic mass is 16.3. The van der Waals surface area contributed by atoms with Gasteiger partial charge in [-0.1, -0.05) is 27.2 Å². The SMILES string of the molecule is CC1(C)CCC[C@]2(C)C(CO)C(O)CC[C@@H]12. The Balaban J connectivity index is 2.31. The van der Waals surface area contributed by atoms with Gasteiger partial charge in [-0.2, -0.15) is 0 Å². The number of aliphatic hydroxyl groups excluding tert-OH is 2. The van der Waals surface area contributed by atoms with Crippen molar-refractivity contribution in [2.24, 2.45) is 22.7 Å². The van der Waals surface area contributed by atoms with E-state index in [4.69, 9.17) is 0 Å². The summed E-state index contributed by atoms with van der Waals surface area (Å²) in [5.41, 5.74) is 0.523. The maximum absolute atomic E-state index is 10.1. The fourth-order valence-corrected chi connectivity index (χ4v) is 4.64. The van der Waals surface area contributed by atoms with Gasteiger partial charge in [-0.15, -0.1) is 0 Å². The zero-order valence-electron chi connectivity index (χ0n) is 10.9. The average Bonchev–Trinajstić information content (AvgIpc) is 2.15. The molecule has 2 nitrogen and oxygen atoms in total. The van der Waals surface area contributed by atoms with Crippen LogP contribution < -0.4 is 0 Å². The van der Waals surface area contributed by atoms with Gasteiger partial charge in [0.15, 0.2) is 0 Å². The third-order valence-corrected chi connectivity index (χ3v) is 5.54. The van der Waals surface area contributed by atoms with Crippen molar-refractivity contribution >= 4 is 0 Å². The molecule has 16 heavy (non-hydrogen) atoms. The molecule has 0 aliphatic heterocycles. The minimum Gasteiger partial charge on any atom is -0.396 e. The van der Waals surface area contributed by atoms with Gasteiger partial charge in [-0.05, 0) is 42.4 Å². The largest absolute Gasteiger partial charge is 0.396 e. The van der Waals surface area contributed by atoms with Gasteiger partial charge < -0.3 is 10.2 Å². The van der Waals surface area contributed by atoms with E-state index in [2.05, 4.69) is 20.8 Å². The topological polar surface area (TPSA) is 40.5 Å². The molecule has 2 heteroatoms. The normalized spacial score (nSPS) is 47.4. The molecule has 0 aromatic heterocycles. The van der Waals surface area contributed by atoms with Crippen LogP contribution in [0.3, 0.4) is 0 Å². The number of hydrogen-bond acceptors (Lipinski definition) is 2. The number of rotatable bonds is 1. The van der Waals surface area contributed by atoms with Crippen molar-refractivity contribution in [1.82, 2.24) is 0 Å². The lowest BCUT2D eigenvalue weighted by Crippen LogP contribution is -2.54. The second-order valence-corrected chi connectivity index (χ2v) is 6.83. The molecular weight excluding hydrogens is 200 g/mol. The van der Waals surface area contributed by atoms with Crippen molar-refractivity contribution in [1.29, 1.82) is 0 Å². The summed E-state index contributed by atoms with van der Waals surface area (Å²) in [5.74, 6) is 0.750. The van der Waals surface area contributed by atoms with E-state index in [0.29, 0.717) is 11.3 Å². The van der Waals surface area contributed by atoms with Crippen LogP contribution in [0.5, 0.6) is 0 Å². The van der Waals surface area contributed by atoms with Gasteiger partial charge in [0, 0.05) is 12.5 Å². The zero-order chi connectivity index (χ0) is 12.0. The summed E-state index contributed by atoms with van der Waals surface area (Å²) < 4.78 is 0. The number of hydrogen-bond donors (Lipinski definition) is 2. The highest BCUT2D eigenvalue weighted by Gasteiger charge is 2.54. The molecule has 0 spiro atoms. The first-order valence-corrected chi connectivity index (χ1v) is 6.71. The lowest BCUT2D eigenvalue weighted by atomic mass is 9.48. The molecule has 0 heterocycles. The summed E-state index contributed by atoms with van der Waals surface area (Å²) in [6.07, 6.45) is 5.41. The van der Waals surface area contributed by atoms with Crippen LogP contribution >= 0.6 is 0 Å². The Kier molecular flexibility index (Phi) is 3.09. The summed E-state index contributed by atoms with van der Waals surface area (Å²) >= 11 is 0. The summed E-state index contributed by atoms with van der Waals surface area (Å²) in [5, 5.41) is 19.7. The van der Waals surface area contributed by atoms with E-state index in [9.17, 15) is 10.2 Å². The summed E-state index contributed by atoms with van der Waals surface area (Å²) in [6.45, 7) is 7.16. The lowest BCUT2D eigenvalue weighted by Gasteiger charge is -2.58. The Morgan fingerprint density at radius 3 is 2.44 bits per heavy atom. The van der Waals surface area contributed by atoms with E-state index in [1.807, 2.05) is 0 Å². The van der Waals surface area contributed by atoms with Crippen LogP contribution in [0.1, 0.15) is 52.9 Å². The van der Waals surface area contributed by atoms with Crippen LogP contribution in [-0.2, 0) is 0 Å². The number of aliphatic hydroxyl groups is 2. The maximum atomic E-state index is 10.1. The minimum absolute atomic E-state index is 0.0887. The molecule has 0 radical (unpaired) electrons. The van der Waals surface area contributed by atoms with Crippen molar-refractivity contribution in [3.05, 3.63) is 0 Å². The first-order chi connectivity index (χ1) is 7.42. The maximum Gasteiger partial charge on any atom is 0.0595 e. The van der Waals surface area contributed by atoms with Crippen LogP contribution in [0.4, 0.5) is 0 Å². The highest BCUT2D eigenvalue weighted by molar-refractivity contribution is 5.03. The Labute approximate surface area is 99.1 Å². The predicted molar refractivity (Wildman–Crippen MR) is 65.0 cm³/mol. The van der Waals surface area contributed by atoms with Gasteiger partial charge >= 0.3 is 0 Å². The third-order valence-electron chi connectivity index (χ3n) is 5.54. The molecule has 2 fully saturated rings. The molecule has 2 saturated carbocycles. The van der Waals surface area contributed by atoms with E-state index < -0.39 is 0 Å². The van der Waals surface area contributed by atoms with Crippen LogP contribution in [0.25, 0.3) is 0 Å². The van der Waals surface area contributed by atoms with Gasteiger partial charge in [-0.3, -0.25) is 0 Å². The average molecular weight is 226 g/mol. The van der Waals surface area contributed by atoms with Crippen molar-refractivity contribution < 1.29 is 10.2 Å². The quantitative estimate of drug-likeness (QED) is 0.721. The van der Waals surface area contributed by atoms with Crippen LogP contribution in [-0.4, -0.2) is 22.9 Å². The molecule has 94 valence electrons. The monoisotopic (exact) mass is 226 g/mol. The molecule has 2 rings (SSSR count). The molecule has 0 saturated heterocycles. The van der Waals surface area contributed by atoms with Crippen LogP contribution in [0.15, 0.2) is 0 Å². The van der Waals surface area contributed by atoms with Crippen molar-refractivity contribution in [3.63, 3.8) is 0 Å². The summed E-state index contributed by atoms with van der Waals surface area (Å²) in [4.78, 5) is 0. The van der Waals surface area contributed by atoms with E-state index in [0.717, 1.165) is 12.8 Å². The Morgan fingerprint density at radius 1 is 1.12 bits per heavy atom. The minimum atomic E-state index is -0.292. The fraction of sp³-hybridized carbons (Fsp3) is 1.00. The Morgan fingerprint density at radius 2 is 1.81 bits per heavy atom. The van der Waals surface area contributed by atoms with E-state index >= 15 is 0 Å². The predicted octanol–water partition coefficient (Wildman–Crippen LogP) is 2.58. The van der Waals surface area contributed by atoms with Gasteiger partial charge in [0.1, 0.15) is 0 Å². The van der Waals surface area contributed by atoms with Gasteiger partial charge in [-0.25, -0.2) is 0 Å². The molecule has 2 N–H and O–H groups in total. The Hall–Kier alpha value is -0.0800. The second kappa shape index (κ2) is 3.99. The van der Waals surface area contributed by atoms with Crippen molar-refractivity contribution in [2.75, 3.05) is 6.61 Å². The molecule has 2 aliphatic rings. The van der Waals surface area contributed by atoms with Crippen molar-refractivity contribution in [3.8, 4) is 0 Å². The standard InChI is InChI=1S/C14H26O2/c1-13(2)7-4-8-14(3)10(9-15)11(16)5-6-12(13)14/h10-12,15-16H,4-9H2,1-3H3/t10?,11?,12-,14+/m0/s1. The van der Waals surface area contributed by atoms with E-state index in [1.165, 1.54) is 19.3 Å². The molecule has 4 atom stereocenters. The van der Waals surface area contributed by atoms with Crippen molar-refractivity contribution in [2.45, 2.75) is 59.0 Å². The first-order valence-electron chi connectivity index (χ1n) is 6.71. The molecule has 0 aromatic rings. The summed E-state index contributed by atoms with van der Waals surface area (Å²) in [7, 11) is 0. The zero-order valence-corrected chi connectivity index (χ0v) is 10.9. The highest BCUT2D eigenvalue weighted by Crippen LogP contribution is 2.59. The summed E-state index contributed by atoms with van der Waals surface area (Å²) in [6, 6.07) is 0. The van der Waals surface area contributed by atoms with Gasteiger partial charge in [0.2, 0.25) is 0 Å². The first kappa shape index (κ1) is 12.4. The molecule has 0 aromatic carbocycles. The molecule has 0 amide bonds. The molecular formula is C14H26O2. The van der Waals surface area contributed by atoms with E-state index in [1.54, 1.807) is 0 Å². The van der Waals surface area contributed by atoms with Gasteiger partial charge in [0.25, 0.3) is 0 Å². The van der Waals surface area contributed by atoms with E-state index in [-0.39, 0.29) is 24.0 Å². The second-order valence-electron chi connectivity index (χ2n) is 6.83. The molecule has 2 aliphatic carbocycles. The molecule has 2 unspecified atom stereocenters. The lowest BCUT2D eigenvalue weighted by molar-refractivity contribution is -0.136. The molecule has 0 bridgehead atoms. The van der Waals surface area contributed by atoms with Gasteiger partial charge in [0.05, 0.1) is 6.10 Å². The van der Waals surface area contributed by atoms with Crippen LogP contribution in [0.2, 0.25) is 0 Å². The number of fused-ring (bicyclic) bond motifs is 1. The van der Waals surface area contributed by atoms with Crippen LogP contribution in [0, 0.1) is 22.7 Å².